The summed E-state index contributed by atoms with van der Waals surface area (Å²) in [5.41, 5.74) is 0.770. The smallest absolute Gasteiger partial charge is 0.262 e. The molecule has 2 amide bonds. The molecule has 0 aliphatic carbocycles. The molecule has 0 fully saturated rings. The van der Waals surface area contributed by atoms with Gasteiger partial charge in [0.1, 0.15) is 5.75 Å². The largest absolute Gasteiger partial charge is 0.484 e. The van der Waals surface area contributed by atoms with Crippen LogP contribution in [0.2, 0.25) is 0 Å². The normalized spacial score (nSPS) is 10.4. The van der Waals surface area contributed by atoms with E-state index in [1.807, 2.05) is 30.3 Å². The van der Waals surface area contributed by atoms with Gasteiger partial charge in [0.2, 0.25) is 0 Å². The molecular formula is C22H17F3N2O3. The Balaban J connectivity index is 1.55. The topological polar surface area (TPSA) is 67.4 Å². The van der Waals surface area contributed by atoms with Crippen molar-refractivity contribution in [1.29, 1.82) is 0 Å². The first-order valence-corrected chi connectivity index (χ1v) is 8.92. The number of nitrogens with one attached hydrogen (secondary N) is 2. The maximum absolute atomic E-state index is 13.6. The summed E-state index contributed by atoms with van der Waals surface area (Å²) in [7, 11) is 0. The second-order valence-corrected chi connectivity index (χ2v) is 6.26. The highest BCUT2D eigenvalue weighted by Gasteiger charge is 2.15. The summed E-state index contributed by atoms with van der Waals surface area (Å²) in [6.07, 6.45) is 0. The zero-order chi connectivity index (χ0) is 21.5. The standard InChI is InChI=1S/C22H17F3N2O3/c23-17-9-10-18(21(25)20(17)24)27-19(28)13-30-16-8-4-7-15(11-16)22(29)26-12-14-5-2-1-3-6-14/h1-11H,12-13H2,(H,26,29)(H,27,28). The van der Waals surface area contributed by atoms with Crippen LogP contribution in [0, 0.1) is 17.5 Å². The van der Waals surface area contributed by atoms with Gasteiger partial charge in [0.15, 0.2) is 24.1 Å². The maximum atomic E-state index is 13.6. The molecule has 0 saturated carbocycles. The molecule has 0 aromatic heterocycles. The first-order chi connectivity index (χ1) is 14.4. The number of amides is 2. The van der Waals surface area contributed by atoms with Crippen molar-refractivity contribution in [2.45, 2.75) is 6.54 Å². The van der Waals surface area contributed by atoms with E-state index in [-0.39, 0.29) is 11.7 Å². The van der Waals surface area contributed by atoms with Crippen LogP contribution in [0.3, 0.4) is 0 Å². The summed E-state index contributed by atoms with van der Waals surface area (Å²) in [6, 6.07) is 17.1. The molecule has 0 radical (unpaired) electrons. The molecule has 0 atom stereocenters. The minimum absolute atomic E-state index is 0.239. The van der Waals surface area contributed by atoms with Crippen LogP contribution in [-0.2, 0) is 11.3 Å². The molecule has 0 bridgehead atoms. The summed E-state index contributed by atoms with van der Waals surface area (Å²) in [4.78, 5) is 24.2. The molecule has 0 aliphatic heterocycles. The number of carbonyl (C=O) groups is 2. The minimum Gasteiger partial charge on any atom is -0.484 e. The Kier molecular flexibility index (Phi) is 6.69. The van der Waals surface area contributed by atoms with Crippen LogP contribution >= 0.6 is 0 Å². The van der Waals surface area contributed by atoms with Crippen molar-refractivity contribution >= 4 is 17.5 Å². The van der Waals surface area contributed by atoms with E-state index in [4.69, 9.17) is 4.74 Å². The molecule has 0 saturated heterocycles. The lowest BCUT2D eigenvalue weighted by atomic mass is 10.2. The molecule has 0 spiro atoms. The van der Waals surface area contributed by atoms with Crippen LogP contribution in [0.25, 0.3) is 0 Å². The Bertz CT molecular complexity index is 1060. The summed E-state index contributed by atoms with van der Waals surface area (Å²) in [5.74, 6) is -5.40. The molecular weight excluding hydrogens is 397 g/mol. The molecule has 30 heavy (non-hydrogen) atoms. The highest BCUT2D eigenvalue weighted by molar-refractivity contribution is 5.94. The number of rotatable bonds is 7. The van der Waals surface area contributed by atoms with Gasteiger partial charge >= 0.3 is 0 Å². The van der Waals surface area contributed by atoms with Gasteiger partial charge in [0.25, 0.3) is 11.8 Å². The zero-order valence-corrected chi connectivity index (χ0v) is 15.6. The number of carbonyl (C=O) groups excluding carboxylic acids is 2. The van der Waals surface area contributed by atoms with E-state index < -0.39 is 35.7 Å². The second kappa shape index (κ2) is 9.60. The average Bonchev–Trinajstić information content (AvgIpc) is 2.77. The van der Waals surface area contributed by atoms with Crippen LogP contribution in [0.1, 0.15) is 15.9 Å². The van der Waals surface area contributed by atoms with Gasteiger partial charge in [-0.25, -0.2) is 13.2 Å². The lowest BCUT2D eigenvalue weighted by Crippen LogP contribution is -2.23. The van der Waals surface area contributed by atoms with Crippen LogP contribution in [0.4, 0.5) is 18.9 Å². The van der Waals surface area contributed by atoms with Gasteiger partial charge in [-0.15, -0.1) is 0 Å². The van der Waals surface area contributed by atoms with Crippen molar-refractivity contribution in [3.63, 3.8) is 0 Å². The number of hydrogen-bond acceptors (Lipinski definition) is 3. The van der Waals surface area contributed by atoms with Gasteiger partial charge < -0.3 is 15.4 Å². The lowest BCUT2D eigenvalue weighted by molar-refractivity contribution is -0.118. The van der Waals surface area contributed by atoms with Crippen molar-refractivity contribution in [2.75, 3.05) is 11.9 Å². The predicted molar refractivity (Wildman–Crippen MR) is 104 cm³/mol. The molecule has 0 unspecified atom stereocenters. The first-order valence-electron chi connectivity index (χ1n) is 8.92. The van der Waals surface area contributed by atoms with Crippen LogP contribution in [0.5, 0.6) is 5.75 Å². The molecule has 0 heterocycles. The fraction of sp³-hybridized carbons (Fsp3) is 0.0909. The summed E-state index contributed by atoms with van der Waals surface area (Å²) in [6.45, 7) is -0.166. The summed E-state index contributed by atoms with van der Waals surface area (Å²) >= 11 is 0. The van der Waals surface area contributed by atoms with Gasteiger partial charge in [-0.05, 0) is 35.9 Å². The number of ether oxygens (including phenoxy) is 1. The minimum atomic E-state index is -1.68. The van der Waals surface area contributed by atoms with Crippen LogP contribution in [-0.4, -0.2) is 18.4 Å². The fourth-order valence-electron chi connectivity index (χ4n) is 2.56. The van der Waals surface area contributed by atoms with E-state index in [0.29, 0.717) is 18.2 Å². The van der Waals surface area contributed by atoms with Gasteiger partial charge in [0, 0.05) is 12.1 Å². The fourth-order valence-corrected chi connectivity index (χ4v) is 2.56. The highest BCUT2D eigenvalue weighted by Crippen LogP contribution is 2.20. The zero-order valence-electron chi connectivity index (χ0n) is 15.6. The first kappa shape index (κ1) is 20.9. The van der Waals surface area contributed by atoms with Crippen molar-refractivity contribution < 1.29 is 27.5 Å². The van der Waals surface area contributed by atoms with Gasteiger partial charge in [0.05, 0.1) is 5.69 Å². The van der Waals surface area contributed by atoms with E-state index in [9.17, 15) is 22.8 Å². The van der Waals surface area contributed by atoms with Crippen molar-refractivity contribution in [1.82, 2.24) is 5.32 Å². The SMILES string of the molecule is O=C(COc1cccc(C(=O)NCc2ccccc2)c1)Nc1ccc(F)c(F)c1F. The van der Waals surface area contributed by atoms with E-state index in [0.717, 1.165) is 11.6 Å². The number of anilines is 1. The molecule has 3 rings (SSSR count). The van der Waals surface area contributed by atoms with Crippen molar-refractivity contribution in [3.05, 3.63) is 95.3 Å². The molecule has 8 heteroatoms. The number of benzene rings is 3. The highest BCUT2D eigenvalue weighted by atomic mass is 19.2. The number of halogens is 3. The molecule has 3 aromatic rings. The Morgan fingerprint density at radius 3 is 2.40 bits per heavy atom. The summed E-state index contributed by atoms with van der Waals surface area (Å²) < 4.78 is 45.1. The molecule has 154 valence electrons. The Hall–Kier alpha value is -3.81. The van der Waals surface area contributed by atoms with Gasteiger partial charge in [-0.1, -0.05) is 36.4 Å². The second-order valence-electron chi connectivity index (χ2n) is 6.26. The average molecular weight is 414 g/mol. The molecule has 2 N–H and O–H groups in total. The lowest BCUT2D eigenvalue weighted by Gasteiger charge is -2.10. The Morgan fingerprint density at radius 1 is 0.867 bits per heavy atom. The van der Waals surface area contributed by atoms with Gasteiger partial charge in [-0.2, -0.15) is 0 Å². The molecule has 3 aromatic carbocycles. The molecule has 5 nitrogen and oxygen atoms in total. The van der Waals surface area contributed by atoms with Crippen LogP contribution < -0.4 is 15.4 Å². The van der Waals surface area contributed by atoms with E-state index >= 15 is 0 Å². The van der Waals surface area contributed by atoms with Gasteiger partial charge in [-0.3, -0.25) is 9.59 Å². The van der Waals surface area contributed by atoms with Crippen molar-refractivity contribution in [2.24, 2.45) is 0 Å². The Labute approximate surface area is 170 Å². The van der Waals surface area contributed by atoms with Crippen LogP contribution in [0.15, 0.2) is 66.7 Å². The number of hydrogen-bond donors (Lipinski definition) is 2. The van der Waals surface area contributed by atoms with E-state index in [1.54, 1.807) is 18.2 Å². The quantitative estimate of drug-likeness (QED) is 0.573. The third kappa shape index (κ3) is 5.38. The third-order valence-electron chi connectivity index (χ3n) is 4.07. The van der Waals surface area contributed by atoms with Crippen molar-refractivity contribution in [3.8, 4) is 5.75 Å². The predicted octanol–water partition coefficient (Wildman–Crippen LogP) is 4.05. The summed E-state index contributed by atoms with van der Waals surface area (Å²) in [5, 5.41) is 4.87. The molecule has 0 aliphatic rings. The van der Waals surface area contributed by atoms with E-state index in [1.165, 1.54) is 6.07 Å². The monoisotopic (exact) mass is 414 g/mol. The third-order valence-corrected chi connectivity index (χ3v) is 4.07. The Morgan fingerprint density at radius 2 is 1.63 bits per heavy atom. The maximum Gasteiger partial charge on any atom is 0.262 e. The van der Waals surface area contributed by atoms with E-state index in [2.05, 4.69) is 10.6 Å².